The van der Waals surface area contributed by atoms with Crippen LogP contribution in [0.25, 0.3) is 0 Å². The largest absolute Gasteiger partial charge is 0.478 e. The van der Waals surface area contributed by atoms with Crippen molar-refractivity contribution in [1.29, 1.82) is 0 Å². The van der Waals surface area contributed by atoms with E-state index in [-0.39, 0.29) is 5.41 Å². The van der Waals surface area contributed by atoms with Gasteiger partial charge in [0.25, 0.3) is 0 Å². The average molecular weight is 344 g/mol. The van der Waals surface area contributed by atoms with Gasteiger partial charge in [-0.2, -0.15) is 0 Å². The number of hydrogen-bond donors (Lipinski definition) is 2. The Kier molecular flexibility index (Phi) is 5.22. The van der Waals surface area contributed by atoms with Crippen molar-refractivity contribution in [3.05, 3.63) is 70.2 Å². The quantitative estimate of drug-likeness (QED) is 0.803. The number of carboxylic acids is 1. The monoisotopic (exact) mass is 343 g/mol. The minimum atomic E-state index is -0.887. The highest BCUT2D eigenvalue weighted by Gasteiger charge is 2.35. The Bertz CT molecular complexity index is 689. The van der Waals surface area contributed by atoms with Gasteiger partial charge in [-0.15, -0.1) is 0 Å². The van der Waals surface area contributed by atoms with Crippen LogP contribution in [-0.2, 0) is 12.0 Å². The number of carboxylic acid groups (broad SMARTS) is 1. The Morgan fingerprint density at radius 2 is 1.67 bits per heavy atom. The second-order valence-electron chi connectivity index (χ2n) is 6.60. The third kappa shape index (κ3) is 3.80. The molecule has 1 fully saturated rings. The lowest BCUT2D eigenvalue weighted by molar-refractivity contribution is 0.0697. The summed E-state index contributed by atoms with van der Waals surface area (Å²) in [6.07, 6.45) is 4.91. The molecule has 4 heteroatoms. The molecule has 0 aromatic heterocycles. The van der Waals surface area contributed by atoms with E-state index in [1.807, 2.05) is 24.3 Å². The molecule has 2 aromatic carbocycles. The molecule has 1 saturated carbocycles. The first-order valence-electron chi connectivity index (χ1n) is 8.38. The van der Waals surface area contributed by atoms with E-state index in [4.69, 9.17) is 16.7 Å². The normalized spacial score (nSPS) is 16.2. The highest BCUT2D eigenvalue weighted by atomic mass is 35.5. The maximum atomic E-state index is 10.9. The molecule has 3 nitrogen and oxygen atoms in total. The van der Waals surface area contributed by atoms with Crippen molar-refractivity contribution >= 4 is 17.6 Å². The Morgan fingerprint density at radius 3 is 2.25 bits per heavy atom. The Hall–Kier alpha value is -1.84. The van der Waals surface area contributed by atoms with Crippen molar-refractivity contribution in [3.63, 3.8) is 0 Å². The minimum absolute atomic E-state index is 0.186. The molecule has 24 heavy (non-hydrogen) atoms. The van der Waals surface area contributed by atoms with Gasteiger partial charge in [0.05, 0.1) is 5.56 Å². The molecular formula is C20H22ClNO2. The van der Waals surface area contributed by atoms with Crippen LogP contribution < -0.4 is 5.32 Å². The second kappa shape index (κ2) is 7.37. The van der Waals surface area contributed by atoms with E-state index in [0.717, 1.165) is 23.7 Å². The van der Waals surface area contributed by atoms with Gasteiger partial charge in [-0.25, -0.2) is 4.79 Å². The van der Waals surface area contributed by atoms with Crippen molar-refractivity contribution in [3.8, 4) is 0 Å². The van der Waals surface area contributed by atoms with Crippen molar-refractivity contribution < 1.29 is 9.90 Å². The summed E-state index contributed by atoms with van der Waals surface area (Å²) < 4.78 is 0. The fourth-order valence-corrected chi connectivity index (χ4v) is 3.76. The van der Waals surface area contributed by atoms with Crippen molar-refractivity contribution in [2.45, 2.75) is 37.6 Å². The molecule has 0 unspecified atom stereocenters. The van der Waals surface area contributed by atoms with Crippen molar-refractivity contribution in [2.24, 2.45) is 0 Å². The molecule has 0 radical (unpaired) electrons. The lowest BCUT2D eigenvalue weighted by atomic mass is 9.79. The molecule has 0 aliphatic heterocycles. The number of aromatic carboxylic acids is 1. The molecule has 0 saturated heterocycles. The predicted octanol–water partition coefficient (Wildman–Crippen LogP) is 4.64. The number of halogens is 1. The zero-order valence-corrected chi connectivity index (χ0v) is 14.4. The fraction of sp³-hybridized carbons (Fsp3) is 0.350. The number of rotatable bonds is 6. The van der Waals surface area contributed by atoms with E-state index >= 15 is 0 Å². The number of benzene rings is 2. The first-order chi connectivity index (χ1) is 11.6. The summed E-state index contributed by atoms with van der Waals surface area (Å²) in [5, 5.41) is 13.3. The van der Waals surface area contributed by atoms with E-state index in [0.29, 0.717) is 5.56 Å². The third-order valence-electron chi connectivity index (χ3n) is 5.01. The van der Waals surface area contributed by atoms with E-state index in [2.05, 4.69) is 17.4 Å². The summed E-state index contributed by atoms with van der Waals surface area (Å²) in [5.74, 6) is -0.887. The highest BCUT2D eigenvalue weighted by Crippen LogP contribution is 2.41. The highest BCUT2D eigenvalue weighted by molar-refractivity contribution is 6.30. The first kappa shape index (κ1) is 17.0. The minimum Gasteiger partial charge on any atom is -0.478 e. The van der Waals surface area contributed by atoms with Gasteiger partial charge in [0, 0.05) is 23.5 Å². The lowest BCUT2D eigenvalue weighted by Crippen LogP contribution is -2.35. The molecule has 126 valence electrons. The molecule has 0 bridgehead atoms. The third-order valence-corrected chi connectivity index (χ3v) is 5.26. The number of carbonyl (C=O) groups is 1. The number of hydrogen-bond acceptors (Lipinski definition) is 2. The lowest BCUT2D eigenvalue weighted by Gasteiger charge is -2.30. The van der Waals surface area contributed by atoms with E-state index in [1.165, 1.54) is 31.2 Å². The summed E-state index contributed by atoms with van der Waals surface area (Å²) >= 11 is 6.03. The SMILES string of the molecule is O=C(O)c1ccc(CNCC2(c3ccc(Cl)cc3)CCCC2)cc1. The van der Waals surface area contributed by atoms with Crippen LogP contribution in [0.3, 0.4) is 0 Å². The molecule has 2 N–H and O–H groups in total. The van der Waals surface area contributed by atoms with Gasteiger partial charge in [0.2, 0.25) is 0 Å². The van der Waals surface area contributed by atoms with Gasteiger partial charge < -0.3 is 10.4 Å². The zero-order chi connectivity index (χ0) is 17.0. The van der Waals surface area contributed by atoms with E-state index < -0.39 is 5.97 Å². The van der Waals surface area contributed by atoms with Crippen molar-refractivity contribution in [2.75, 3.05) is 6.54 Å². The standard InChI is InChI=1S/C20H22ClNO2/c21-18-9-7-17(8-10-18)20(11-1-2-12-20)14-22-13-15-3-5-16(6-4-15)19(23)24/h3-10,22H,1-2,11-14H2,(H,23,24). The summed E-state index contributed by atoms with van der Waals surface area (Å²) in [5.41, 5.74) is 2.97. The van der Waals surface area contributed by atoms with Gasteiger partial charge in [-0.05, 0) is 48.2 Å². The Morgan fingerprint density at radius 1 is 1.04 bits per heavy atom. The molecule has 0 atom stereocenters. The summed E-state index contributed by atoms with van der Waals surface area (Å²) in [7, 11) is 0. The summed E-state index contributed by atoms with van der Waals surface area (Å²) in [6, 6.07) is 15.3. The first-order valence-corrected chi connectivity index (χ1v) is 8.76. The molecule has 1 aliphatic rings. The molecule has 1 aliphatic carbocycles. The van der Waals surface area contributed by atoms with Crippen molar-refractivity contribution in [1.82, 2.24) is 5.32 Å². The smallest absolute Gasteiger partial charge is 0.335 e. The van der Waals surface area contributed by atoms with Gasteiger partial charge in [-0.1, -0.05) is 48.7 Å². The van der Waals surface area contributed by atoms with Crippen LogP contribution in [0.4, 0.5) is 0 Å². The van der Waals surface area contributed by atoms with Gasteiger partial charge in [-0.3, -0.25) is 0 Å². The van der Waals surface area contributed by atoms with E-state index in [1.54, 1.807) is 12.1 Å². The molecule has 2 aromatic rings. The topological polar surface area (TPSA) is 49.3 Å². The van der Waals surface area contributed by atoms with Gasteiger partial charge >= 0.3 is 5.97 Å². The molecule has 0 spiro atoms. The molecular weight excluding hydrogens is 322 g/mol. The van der Waals surface area contributed by atoms with Crippen LogP contribution in [-0.4, -0.2) is 17.6 Å². The Labute approximate surface area is 147 Å². The zero-order valence-electron chi connectivity index (χ0n) is 13.6. The van der Waals surface area contributed by atoms with Gasteiger partial charge in [0.15, 0.2) is 0 Å². The summed E-state index contributed by atoms with van der Waals surface area (Å²) in [6.45, 7) is 1.67. The predicted molar refractivity (Wildman–Crippen MR) is 96.7 cm³/mol. The number of nitrogens with one attached hydrogen (secondary N) is 1. The molecule has 3 rings (SSSR count). The van der Waals surface area contributed by atoms with Crippen LogP contribution in [0.15, 0.2) is 48.5 Å². The molecule has 0 amide bonds. The van der Waals surface area contributed by atoms with Crippen LogP contribution in [0.2, 0.25) is 5.02 Å². The average Bonchev–Trinajstić information content (AvgIpc) is 3.06. The fourth-order valence-electron chi connectivity index (χ4n) is 3.63. The Balaban J connectivity index is 1.64. The maximum absolute atomic E-state index is 10.9. The molecule has 0 heterocycles. The van der Waals surface area contributed by atoms with E-state index in [9.17, 15) is 4.79 Å². The van der Waals surface area contributed by atoms with Crippen LogP contribution in [0.5, 0.6) is 0 Å². The van der Waals surface area contributed by atoms with Crippen LogP contribution in [0, 0.1) is 0 Å². The van der Waals surface area contributed by atoms with Crippen LogP contribution in [0.1, 0.15) is 47.2 Å². The summed E-state index contributed by atoms with van der Waals surface area (Å²) in [4.78, 5) is 10.9. The maximum Gasteiger partial charge on any atom is 0.335 e. The second-order valence-corrected chi connectivity index (χ2v) is 7.04. The van der Waals surface area contributed by atoms with Gasteiger partial charge in [0.1, 0.15) is 0 Å². The van der Waals surface area contributed by atoms with Crippen LogP contribution >= 0.6 is 11.6 Å².